The molecule has 3 rings (SSSR count). The molecule has 0 saturated carbocycles. The van der Waals surface area contributed by atoms with Crippen LogP contribution in [0.15, 0.2) is 91.0 Å². The van der Waals surface area contributed by atoms with Gasteiger partial charge in [0.2, 0.25) is 0 Å². The van der Waals surface area contributed by atoms with E-state index in [-0.39, 0.29) is 17.4 Å². The average molecular weight is 545 g/mol. The Labute approximate surface area is 194 Å². The van der Waals surface area contributed by atoms with Gasteiger partial charge in [0.25, 0.3) is 0 Å². The SMILES string of the molecule is [C-]#[O+].[C-]#[O+].[C-]#[O+].[C-]#[O+].[C-]#[O+].[Cr].c1cc[c]([Sb]([c]2ccccc2)[c]2ccccc2)cc1. The molecule has 0 unspecified atom stereocenters. The van der Waals surface area contributed by atoms with E-state index < -0.39 is 20.2 Å². The summed E-state index contributed by atoms with van der Waals surface area (Å²) >= 11 is -1.83. The molecule has 0 radical (unpaired) electrons. The first-order valence-corrected chi connectivity index (χ1v) is 11.3. The fourth-order valence-electron chi connectivity index (χ4n) is 2.18. The van der Waals surface area contributed by atoms with Crippen molar-refractivity contribution >= 4 is 30.7 Å². The summed E-state index contributed by atoms with van der Waals surface area (Å²) < 4.78 is 42.0. The molecule has 3 aromatic carbocycles. The third-order valence-corrected chi connectivity index (χ3v) is 10.0. The Hall–Kier alpha value is -2.29. The van der Waals surface area contributed by atoms with Crippen molar-refractivity contribution in [2.75, 3.05) is 0 Å². The summed E-state index contributed by atoms with van der Waals surface area (Å²) in [7, 11) is 0. The second kappa shape index (κ2) is 28.9. The van der Waals surface area contributed by atoms with Crippen LogP contribution in [0.1, 0.15) is 0 Å². The van der Waals surface area contributed by atoms with E-state index in [0.717, 1.165) is 0 Å². The normalized spacial score (nSPS) is 7.03. The van der Waals surface area contributed by atoms with Gasteiger partial charge in [-0.2, -0.15) is 0 Å². The Balaban J connectivity index is -0.000000271. The zero-order chi connectivity index (χ0) is 22.9. The molecule has 0 N–H and O–H groups in total. The number of hydrogen-bond acceptors (Lipinski definition) is 0. The van der Waals surface area contributed by atoms with Gasteiger partial charge in [0, 0.05) is 17.4 Å². The molecular formula is C23H15CrO5Sb. The molecule has 0 heterocycles. The Morgan fingerprint density at radius 2 is 0.533 bits per heavy atom. The van der Waals surface area contributed by atoms with Crippen molar-refractivity contribution in [2.45, 2.75) is 0 Å². The van der Waals surface area contributed by atoms with Gasteiger partial charge in [0.05, 0.1) is 0 Å². The molecule has 0 aliphatic carbocycles. The second-order valence-corrected chi connectivity index (χ2v) is 10.7. The maximum atomic E-state index is 7.50. The molecular weight excluding hydrogens is 530 g/mol. The Bertz CT molecular complexity index is 716. The van der Waals surface area contributed by atoms with Gasteiger partial charge in [-0.25, -0.2) is 0 Å². The van der Waals surface area contributed by atoms with Crippen LogP contribution >= 0.6 is 0 Å². The van der Waals surface area contributed by atoms with E-state index in [2.05, 4.69) is 124 Å². The molecule has 148 valence electrons. The zero-order valence-corrected chi connectivity index (χ0v) is 19.4. The molecule has 0 fully saturated rings. The van der Waals surface area contributed by atoms with Crippen molar-refractivity contribution in [1.29, 1.82) is 0 Å². The van der Waals surface area contributed by atoms with Gasteiger partial charge in [-0.3, -0.25) is 0 Å². The molecule has 5 nitrogen and oxygen atoms in total. The van der Waals surface area contributed by atoms with Crippen LogP contribution in [0.5, 0.6) is 0 Å². The van der Waals surface area contributed by atoms with E-state index in [1.807, 2.05) is 0 Å². The van der Waals surface area contributed by atoms with Crippen molar-refractivity contribution in [2.24, 2.45) is 0 Å². The van der Waals surface area contributed by atoms with Crippen LogP contribution in [0.3, 0.4) is 0 Å². The van der Waals surface area contributed by atoms with Crippen LogP contribution in [0.25, 0.3) is 0 Å². The topological polar surface area (TPSA) is 99.5 Å². The van der Waals surface area contributed by atoms with E-state index in [9.17, 15) is 0 Å². The van der Waals surface area contributed by atoms with Crippen LogP contribution in [0.2, 0.25) is 0 Å². The zero-order valence-electron chi connectivity index (χ0n) is 15.6. The van der Waals surface area contributed by atoms with E-state index in [4.69, 9.17) is 23.3 Å². The molecule has 0 spiro atoms. The van der Waals surface area contributed by atoms with Crippen molar-refractivity contribution in [3.8, 4) is 0 Å². The van der Waals surface area contributed by atoms with Crippen LogP contribution in [0, 0.1) is 33.3 Å². The third-order valence-electron chi connectivity index (χ3n) is 3.04. The van der Waals surface area contributed by atoms with Gasteiger partial charge in [0.15, 0.2) is 0 Å². The van der Waals surface area contributed by atoms with Gasteiger partial charge in [-0.15, -0.1) is 0 Å². The van der Waals surface area contributed by atoms with Crippen molar-refractivity contribution < 1.29 is 40.6 Å². The van der Waals surface area contributed by atoms with Crippen LogP contribution in [0.4, 0.5) is 0 Å². The molecule has 0 bridgehead atoms. The van der Waals surface area contributed by atoms with Gasteiger partial charge >= 0.3 is 178 Å². The summed E-state index contributed by atoms with van der Waals surface area (Å²) in [6.07, 6.45) is 0. The van der Waals surface area contributed by atoms with Gasteiger partial charge < -0.3 is 0 Å². The summed E-state index contributed by atoms with van der Waals surface area (Å²) in [5.74, 6) is 0. The first-order chi connectivity index (χ1) is 14.4. The molecule has 0 atom stereocenters. The molecule has 0 amide bonds. The molecule has 0 saturated heterocycles. The maximum absolute atomic E-state index is 7.50. The molecule has 3 aromatic rings. The summed E-state index contributed by atoms with van der Waals surface area (Å²) in [6.45, 7) is 22.5. The van der Waals surface area contributed by atoms with Crippen molar-refractivity contribution in [3.63, 3.8) is 0 Å². The Kier molecular flexibility index (Phi) is 33.9. The quantitative estimate of drug-likeness (QED) is 0.274. The monoisotopic (exact) mass is 544 g/mol. The fraction of sp³-hybridized carbons (Fsp3) is 0. The Morgan fingerprint density at radius 3 is 0.700 bits per heavy atom. The van der Waals surface area contributed by atoms with E-state index in [0.29, 0.717) is 0 Å². The van der Waals surface area contributed by atoms with Gasteiger partial charge in [0.1, 0.15) is 0 Å². The van der Waals surface area contributed by atoms with Gasteiger partial charge in [-0.1, -0.05) is 0 Å². The predicted molar refractivity (Wildman–Crippen MR) is 104 cm³/mol. The van der Waals surface area contributed by atoms with Crippen molar-refractivity contribution in [1.82, 2.24) is 0 Å². The molecule has 0 aliphatic heterocycles. The predicted octanol–water partition coefficient (Wildman–Crippen LogP) is 2.01. The first kappa shape index (κ1) is 35.2. The van der Waals surface area contributed by atoms with E-state index >= 15 is 0 Å². The minimum absolute atomic E-state index is 0. The summed E-state index contributed by atoms with van der Waals surface area (Å²) in [6, 6.07) is 32.9. The van der Waals surface area contributed by atoms with Gasteiger partial charge in [-0.05, 0) is 0 Å². The van der Waals surface area contributed by atoms with Crippen molar-refractivity contribution in [3.05, 3.63) is 124 Å². The molecule has 0 aliphatic rings. The number of hydrogen-bond donors (Lipinski definition) is 0. The third kappa shape index (κ3) is 13.8. The molecule has 7 heteroatoms. The van der Waals surface area contributed by atoms with E-state index in [1.54, 1.807) is 0 Å². The summed E-state index contributed by atoms with van der Waals surface area (Å²) in [4.78, 5) is 0. The van der Waals surface area contributed by atoms with E-state index in [1.165, 1.54) is 10.5 Å². The van der Waals surface area contributed by atoms with Crippen LogP contribution in [-0.4, -0.2) is 20.2 Å². The number of benzene rings is 3. The number of rotatable bonds is 3. The Morgan fingerprint density at radius 1 is 0.367 bits per heavy atom. The molecule has 30 heavy (non-hydrogen) atoms. The second-order valence-electron chi connectivity index (χ2n) is 4.34. The summed E-state index contributed by atoms with van der Waals surface area (Å²) in [5.41, 5.74) is 0. The standard InChI is InChI=1S/3C6H5.5CO.Cr.Sb/c3*1-2-4-6-5-3-1;5*1-2;;/h3*1-5H;;;;;;;. The first-order valence-electron chi connectivity index (χ1n) is 7.42. The molecule has 0 aromatic heterocycles. The summed E-state index contributed by atoms with van der Waals surface area (Å²) in [5, 5.41) is 0. The average Bonchev–Trinajstić information content (AvgIpc) is 2.88. The fourth-order valence-corrected chi connectivity index (χ4v) is 8.76. The minimum atomic E-state index is -1.83. The van der Waals surface area contributed by atoms with Crippen LogP contribution in [-0.2, 0) is 40.6 Å². The van der Waals surface area contributed by atoms with Crippen LogP contribution < -0.4 is 10.5 Å².